The van der Waals surface area contributed by atoms with Crippen molar-refractivity contribution in [3.8, 4) is 0 Å². The molecule has 10 heteroatoms. The topological polar surface area (TPSA) is 132 Å². The van der Waals surface area contributed by atoms with Crippen molar-refractivity contribution in [2.45, 2.75) is 32.3 Å². The van der Waals surface area contributed by atoms with Gasteiger partial charge in [-0.2, -0.15) is 0 Å². The van der Waals surface area contributed by atoms with Gasteiger partial charge in [-0.3, -0.25) is 25.6 Å². The summed E-state index contributed by atoms with van der Waals surface area (Å²) in [5.74, 6) is -0.376. The largest absolute Gasteiger partial charge is 0.466 e. The Kier molecular flexibility index (Phi) is 9.63. The monoisotopic (exact) mass is 270 g/mol. The first-order valence-electron chi connectivity index (χ1n) is 5.20. The molecule has 0 aliphatic rings. The molecule has 18 heavy (non-hydrogen) atoms. The molecule has 1 atom stereocenters. The number of carbonyl (C=O) groups excluding carboxylic acids is 1. The van der Waals surface area contributed by atoms with Gasteiger partial charge in [0.1, 0.15) is 12.7 Å². The lowest BCUT2D eigenvalue weighted by atomic mass is 10.2. The highest BCUT2D eigenvalue weighted by Gasteiger charge is 2.14. The third kappa shape index (κ3) is 11.6. The number of hydrogen-bond donors (Lipinski definition) is 4. The predicted octanol–water partition coefficient (Wildman–Crippen LogP) is 0.112. The molecule has 0 saturated heterocycles. The minimum absolute atomic E-state index is 0.247. The second-order valence-electron chi connectivity index (χ2n) is 3.36. The Morgan fingerprint density at radius 3 is 2.33 bits per heavy atom. The van der Waals surface area contributed by atoms with Gasteiger partial charge in [0.25, 0.3) is 0 Å². The number of nitrogens with zero attached hydrogens (tertiary/aromatic N) is 2. The molecule has 0 aliphatic carbocycles. The predicted molar refractivity (Wildman–Crippen MR) is 52.1 cm³/mol. The fraction of sp³-hybridized carbons (Fsp3) is 0.875. The van der Waals surface area contributed by atoms with E-state index in [1.165, 1.54) is 6.92 Å². The zero-order chi connectivity index (χ0) is 14.0. The molecular weight excluding hydrogens is 252 g/mol. The van der Waals surface area contributed by atoms with Crippen LogP contribution in [0.2, 0.25) is 0 Å². The molecule has 10 nitrogen and oxygen atoms in total. The highest BCUT2D eigenvalue weighted by molar-refractivity contribution is 5.65. The van der Waals surface area contributed by atoms with Crippen LogP contribution in [0.5, 0.6) is 0 Å². The molecule has 1 unspecified atom stereocenters. The van der Waals surface area contributed by atoms with E-state index in [2.05, 4.69) is 9.68 Å². The van der Waals surface area contributed by atoms with E-state index in [9.17, 15) is 4.79 Å². The number of esters is 1. The molecule has 0 aromatic rings. The minimum atomic E-state index is -0.806. The Labute approximate surface area is 103 Å². The smallest absolute Gasteiger partial charge is 0.302 e. The molecule has 0 aliphatic heterocycles. The van der Waals surface area contributed by atoms with Crippen LogP contribution >= 0.6 is 0 Å². The highest BCUT2D eigenvalue weighted by Crippen LogP contribution is 2.07. The number of carbonyl (C=O) groups is 1. The molecular formula is C8H18N2O8. The summed E-state index contributed by atoms with van der Waals surface area (Å²) in [6.45, 7) is 1.24. The lowest BCUT2D eigenvalue weighted by Crippen LogP contribution is -2.31. The first-order valence-corrected chi connectivity index (χ1v) is 5.20. The van der Waals surface area contributed by atoms with Gasteiger partial charge in [0.15, 0.2) is 0 Å². The molecule has 0 heterocycles. The second kappa shape index (κ2) is 10.1. The zero-order valence-electron chi connectivity index (χ0n) is 9.93. The minimum Gasteiger partial charge on any atom is -0.466 e. The van der Waals surface area contributed by atoms with E-state index in [0.29, 0.717) is 19.3 Å². The molecule has 108 valence electrons. The van der Waals surface area contributed by atoms with Gasteiger partial charge in [0.05, 0.1) is 17.4 Å². The van der Waals surface area contributed by atoms with Crippen molar-refractivity contribution in [1.82, 2.24) is 10.8 Å². The van der Waals surface area contributed by atoms with Crippen LogP contribution in [0.1, 0.15) is 26.2 Å². The van der Waals surface area contributed by atoms with E-state index in [-0.39, 0.29) is 19.2 Å². The maximum atomic E-state index is 10.5. The van der Waals surface area contributed by atoms with Crippen LogP contribution in [0.4, 0.5) is 0 Å². The summed E-state index contributed by atoms with van der Waals surface area (Å²) in [6.07, 6.45) is 0.621. The Balaban J connectivity index is 3.75. The van der Waals surface area contributed by atoms with Crippen molar-refractivity contribution >= 4 is 5.97 Å². The van der Waals surface area contributed by atoms with Gasteiger partial charge < -0.3 is 4.74 Å². The van der Waals surface area contributed by atoms with Gasteiger partial charge in [-0.25, -0.2) is 9.68 Å². The molecule has 0 amide bonds. The molecule has 0 saturated carbocycles. The fourth-order valence-electron chi connectivity index (χ4n) is 1.14. The number of hydrogen-bond acceptors (Lipinski definition) is 10. The standard InChI is InChI=1S/C8H18N2O8/c1-7(11)16-5-3-2-4-8(18-10(14)15)6-17-9(12)13/h8,12-15H,2-6H2,1H3. The van der Waals surface area contributed by atoms with E-state index in [1.807, 2.05) is 0 Å². The summed E-state index contributed by atoms with van der Waals surface area (Å²) in [7, 11) is 0. The number of ether oxygens (including phenoxy) is 1. The van der Waals surface area contributed by atoms with Gasteiger partial charge in [-0.15, -0.1) is 0 Å². The normalized spacial score (nSPS) is 13.1. The first-order chi connectivity index (χ1) is 8.41. The molecule has 0 spiro atoms. The molecule has 0 fully saturated rings. The summed E-state index contributed by atoms with van der Waals surface area (Å²) in [5, 5.41) is 32.6. The van der Waals surface area contributed by atoms with Crippen LogP contribution in [0.25, 0.3) is 0 Å². The lowest BCUT2D eigenvalue weighted by molar-refractivity contribution is -0.527. The average Bonchev–Trinajstić information content (AvgIpc) is 2.23. The van der Waals surface area contributed by atoms with Crippen molar-refractivity contribution < 1.29 is 40.0 Å². The van der Waals surface area contributed by atoms with Crippen molar-refractivity contribution in [3.63, 3.8) is 0 Å². The van der Waals surface area contributed by atoms with E-state index in [0.717, 1.165) is 0 Å². The van der Waals surface area contributed by atoms with Crippen LogP contribution in [0, 0.1) is 0 Å². The highest BCUT2D eigenvalue weighted by atomic mass is 17.1. The maximum absolute atomic E-state index is 10.5. The van der Waals surface area contributed by atoms with Crippen molar-refractivity contribution in [3.05, 3.63) is 0 Å². The van der Waals surface area contributed by atoms with Crippen molar-refractivity contribution in [2.75, 3.05) is 13.2 Å². The quantitative estimate of drug-likeness (QED) is 0.246. The van der Waals surface area contributed by atoms with E-state index < -0.39 is 16.9 Å². The third-order valence-electron chi connectivity index (χ3n) is 1.85. The summed E-state index contributed by atoms with van der Waals surface area (Å²) >= 11 is 0. The SMILES string of the molecule is CC(=O)OCCCCC(CON(O)O)ON(O)O. The van der Waals surface area contributed by atoms with E-state index in [1.54, 1.807) is 0 Å². The zero-order valence-corrected chi connectivity index (χ0v) is 9.93. The Bertz CT molecular complexity index is 225. The van der Waals surface area contributed by atoms with Gasteiger partial charge in [0, 0.05) is 6.92 Å². The summed E-state index contributed by atoms with van der Waals surface area (Å²) in [6, 6.07) is 0. The number of unbranched alkanes of at least 4 members (excludes halogenated alkanes) is 1. The van der Waals surface area contributed by atoms with Crippen LogP contribution in [-0.2, 0) is 19.2 Å². The molecule has 0 aromatic heterocycles. The van der Waals surface area contributed by atoms with Gasteiger partial charge in [0.2, 0.25) is 0 Å². The van der Waals surface area contributed by atoms with Crippen molar-refractivity contribution in [2.24, 2.45) is 0 Å². The molecule has 0 rings (SSSR count). The van der Waals surface area contributed by atoms with Crippen LogP contribution in [0.3, 0.4) is 0 Å². The summed E-state index contributed by atoms with van der Waals surface area (Å²) in [5.41, 5.74) is 0. The van der Waals surface area contributed by atoms with E-state index in [4.69, 9.17) is 25.6 Å². The Morgan fingerprint density at radius 1 is 1.17 bits per heavy atom. The fourth-order valence-corrected chi connectivity index (χ4v) is 1.14. The first kappa shape index (κ1) is 17.2. The number of rotatable bonds is 10. The summed E-state index contributed by atoms with van der Waals surface area (Å²) in [4.78, 5) is 19.2. The summed E-state index contributed by atoms with van der Waals surface area (Å²) < 4.78 is 4.69. The van der Waals surface area contributed by atoms with Crippen LogP contribution in [0.15, 0.2) is 0 Å². The average molecular weight is 270 g/mol. The third-order valence-corrected chi connectivity index (χ3v) is 1.85. The second-order valence-corrected chi connectivity index (χ2v) is 3.36. The molecule has 0 aromatic carbocycles. The Hall–Kier alpha value is -0.850. The lowest BCUT2D eigenvalue weighted by Gasteiger charge is -2.18. The Morgan fingerprint density at radius 2 is 1.83 bits per heavy atom. The molecule has 0 radical (unpaired) electrons. The van der Waals surface area contributed by atoms with E-state index >= 15 is 0 Å². The van der Waals surface area contributed by atoms with Crippen molar-refractivity contribution in [1.29, 1.82) is 0 Å². The van der Waals surface area contributed by atoms with Gasteiger partial charge >= 0.3 is 5.97 Å². The van der Waals surface area contributed by atoms with Gasteiger partial charge in [-0.05, 0) is 19.3 Å². The van der Waals surface area contributed by atoms with Gasteiger partial charge in [-0.1, -0.05) is 0 Å². The molecule has 0 bridgehead atoms. The molecule has 4 N–H and O–H groups in total. The van der Waals surface area contributed by atoms with Crippen LogP contribution < -0.4 is 0 Å². The maximum Gasteiger partial charge on any atom is 0.302 e. The van der Waals surface area contributed by atoms with Crippen LogP contribution in [-0.4, -0.2) is 56.9 Å².